The fourth-order valence-corrected chi connectivity index (χ4v) is 0.729. The molecule has 0 radical (unpaired) electrons. The maximum atomic E-state index is 11.2. The molecule has 7 nitrogen and oxygen atoms in total. The number of aliphatic carboxylic acids is 1. The largest absolute Gasteiger partial charge is 0.480 e. The van der Waals surface area contributed by atoms with Crippen LogP contribution in [-0.4, -0.2) is 28.2 Å². The smallest absolute Gasteiger partial charge is 0.325 e. The lowest BCUT2D eigenvalue weighted by molar-refractivity contribution is -0.138. The van der Waals surface area contributed by atoms with Crippen molar-refractivity contribution >= 4 is 17.8 Å². The van der Waals surface area contributed by atoms with E-state index in [0.717, 1.165) is 0 Å². The molecule has 0 aliphatic rings. The first-order valence-electron chi connectivity index (χ1n) is 3.76. The van der Waals surface area contributed by atoms with Crippen LogP contribution in [0, 0.1) is 0 Å². The molecule has 1 aromatic heterocycles. The van der Waals surface area contributed by atoms with E-state index in [1.807, 2.05) is 0 Å². The lowest BCUT2D eigenvalue weighted by atomic mass is 10.3. The highest BCUT2D eigenvalue weighted by molar-refractivity contribution is 5.95. The minimum atomic E-state index is -1.13. The van der Waals surface area contributed by atoms with Gasteiger partial charge < -0.3 is 20.7 Å². The molecule has 14 heavy (non-hydrogen) atoms. The standard InChI is InChI=1S/C7H9N3O4/c1-3(7(12)13)9-6(11)4-2-5(8)14-10-4/h2-3H,8H2,1H3,(H,9,11)(H,12,13)/t3-/m1/s1. The number of rotatable bonds is 3. The van der Waals surface area contributed by atoms with Crippen LogP contribution in [0.1, 0.15) is 17.4 Å². The summed E-state index contributed by atoms with van der Waals surface area (Å²) < 4.78 is 4.45. The molecule has 0 aliphatic heterocycles. The molecule has 0 aliphatic carbocycles. The van der Waals surface area contributed by atoms with E-state index < -0.39 is 17.9 Å². The van der Waals surface area contributed by atoms with E-state index in [4.69, 9.17) is 10.8 Å². The first-order valence-corrected chi connectivity index (χ1v) is 3.76. The first-order chi connectivity index (χ1) is 6.50. The van der Waals surface area contributed by atoms with Crippen LogP contribution in [0.5, 0.6) is 0 Å². The fourth-order valence-electron chi connectivity index (χ4n) is 0.729. The predicted octanol–water partition coefficient (Wildman–Crippen LogP) is -0.540. The predicted molar refractivity (Wildman–Crippen MR) is 45.5 cm³/mol. The van der Waals surface area contributed by atoms with Gasteiger partial charge in [0.05, 0.1) is 0 Å². The first kappa shape index (κ1) is 10.0. The molecule has 0 spiro atoms. The van der Waals surface area contributed by atoms with E-state index >= 15 is 0 Å². The van der Waals surface area contributed by atoms with Crippen molar-refractivity contribution < 1.29 is 19.2 Å². The van der Waals surface area contributed by atoms with E-state index in [2.05, 4.69) is 15.0 Å². The van der Waals surface area contributed by atoms with Gasteiger partial charge in [0.2, 0.25) is 5.88 Å². The Labute approximate surface area is 78.9 Å². The third kappa shape index (κ3) is 2.22. The zero-order chi connectivity index (χ0) is 10.7. The van der Waals surface area contributed by atoms with Crippen molar-refractivity contribution in [2.75, 3.05) is 5.73 Å². The zero-order valence-corrected chi connectivity index (χ0v) is 7.35. The number of aromatic nitrogens is 1. The Morgan fingerprint density at radius 1 is 1.71 bits per heavy atom. The highest BCUT2D eigenvalue weighted by Crippen LogP contribution is 2.04. The van der Waals surface area contributed by atoms with Crippen LogP contribution in [0.3, 0.4) is 0 Å². The quantitative estimate of drug-likeness (QED) is 0.601. The van der Waals surface area contributed by atoms with Gasteiger partial charge in [-0.3, -0.25) is 9.59 Å². The third-order valence-corrected chi connectivity index (χ3v) is 1.48. The third-order valence-electron chi connectivity index (χ3n) is 1.48. The molecule has 1 heterocycles. The minimum absolute atomic E-state index is 0.00173. The Hall–Kier alpha value is -2.05. The minimum Gasteiger partial charge on any atom is -0.480 e. The van der Waals surface area contributed by atoms with E-state index in [-0.39, 0.29) is 11.6 Å². The van der Waals surface area contributed by atoms with Crippen LogP contribution in [0.4, 0.5) is 5.88 Å². The molecule has 0 fully saturated rings. The van der Waals surface area contributed by atoms with E-state index in [1.54, 1.807) is 0 Å². The monoisotopic (exact) mass is 199 g/mol. The summed E-state index contributed by atoms with van der Waals surface area (Å²) in [6.07, 6.45) is 0. The fraction of sp³-hybridized carbons (Fsp3) is 0.286. The molecule has 7 heteroatoms. The lowest BCUT2D eigenvalue weighted by Crippen LogP contribution is -2.38. The molecular formula is C7H9N3O4. The zero-order valence-electron chi connectivity index (χ0n) is 7.35. The number of carboxylic acids is 1. The van der Waals surface area contributed by atoms with Crippen molar-refractivity contribution in [2.45, 2.75) is 13.0 Å². The van der Waals surface area contributed by atoms with Crippen LogP contribution in [0.2, 0.25) is 0 Å². The van der Waals surface area contributed by atoms with E-state index in [9.17, 15) is 9.59 Å². The van der Waals surface area contributed by atoms with E-state index in [0.29, 0.717) is 0 Å². The normalized spacial score (nSPS) is 12.1. The van der Waals surface area contributed by atoms with Gasteiger partial charge in [0.25, 0.3) is 5.91 Å². The topological polar surface area (TPSA) is 118 Å². The summed E-state index contributed by atoms with van der Waals surface area (Å²) in [5.41, 5.74) is 5.14. The van der Waals surface area contributed by atoms with Gasteiger partial charge >= 0.3 is 5.97 Å². The number of nitrogen functional groups attached to an aromatic ring is 1. The van der Waals surface area contributed by atoms with Gasteiger partial charge in [0.15, 0.2) is 5.69 Å². The maximum absolute atomic E-state index is 11.2. The molecule has 0 saturated carbocycles. The van der Waals surface area contributed by atoms with Crippen molar-refractivity contribution in [1.82, 2.24) is 10.5 Å². The van der Waals surface area contributed by atoms with Gasteiger partial charge in [-0.25, -0.2) is 0 Å². The van der Waals surface area contributed by atoms with Crippen LogP contribution in [0.25, 0.3) is 0 Å². The molecule has 1 atom stereocenters. The summed E-state index contributed by atoms with van der Waals surface area (Å²) in [5, 5.41) is 14.0. The van der Waals surface area contributed by atoms with Crippen molar-refractivity contribution in [3.8, 4) is 0 Å². The number of carbonyl (C=O) groups excluding carboxylic acids is 1. The number of carbonyl (C=O) groups is 2. The Morgan fingerprint density at radius 2 is 2.36 bits per heavy atom. The molecule has 0 bridgehead atoms. The Bertz CT molecular complexity index is 360. The number of amides is 1. The summed E-state index contributed by atoms with van der Waals surface area (Å²) in [6.45, 7) is 1.34. The molecule has 0 aromatic carbocycles. The summed E-state index contributed by atoms with van der Waals surface area (Å²) in [4.78, 5) is 21.6. The van der Waals surface area contributed by atoms with Gasteiger partial charge in [-0.2, -0.15) is 0 Å². The number of nitrogens with zero attached hydrogens (tertiary/aromatic N) is 1. The highest BCUT2D eigenvalue weighted by Gasteiger charge is 2.17. The second kappa shape index (κ2) is 3.77. The SMILES string of the molecule is C[C@@H](NC(=O)c1cc(N)on1)C(=O)O. The van der Waals surface area contributed by atoms with Gasteiger partial charge in [0, 0.05) is 6.07 Å². The van der Waals surface area contributed by atoms with E-state index in [1.165, 1.54) is 13.0 Å². The lowest BCUT2D eigenvalue weighted by Gasteiger charge is -2.06. The molecule has 1 rings (SSSR count). The second-order valence-corrected chi connectivity index (χ2v) is 2.65. The van der Waals surface area contributed by atoms with Crippen LogP contribution in [-0.2, 0) is 4.79 Å². The van der Waals surface area contributed by atoms with Crippen LogP contribution >= 0.6 is 0 Å². The van der Waals surface area contributed by atoms with Crippen molar-refractivity contribution in [2.24, 2.45) is 0 Å². The number of anilines is 1. The van der Waals surface area contributed by atoms with Gasteiger partial charge in [-0.1, -0.05) is 5.16 Å². The van der Waals surface area contributed by atoms with Gasteiger partial charge in [0.1, 0.15) is 6.04 Å². The summed E-state index contributed by atoms with van der Waals surface area (Å²) in [6, 6.07) is 0.226. The maximum Gasteiger partial charge on any atom is 0.325 e. The Kier molecular flexibility index (Phi) is 2.70. The van der Waals surface area contributed by atoms with Crippen LogP contribution < -0.4 is 11.1 Å². The summed E-state index contributed by atoms with van der Waals surface area (Å²) in [5.74, 6) is -1.77. The summed E-state index contributed by atoms with van der Waals surface area (Å²) in [7, 11) is 0. The highest BCUT2D eigenvalue weighted by atomic mass is 16.5. The van der Waals surface area contributed by atoms with Crippen molar-refractivity contribution in [3.63, 3.8) is 0 Å². The molecule has 1 amide bonds. The van der Waals surface area contributed by atoms with Crippen LogP contribution in [0.15, 0.2) is 10.6 Å². The molecule has 0 unspecified atom stereocenters. The number of nitrogens with one attached hydrogen (secondary N) is 1. The number of nitrogens with two attached hydrogens (primary N) is 1. The molecule has 0 saturated heterocycles. The number of hydrogen-bond acceptors (Lipinski definition) is 5. The second-order valence-electron chi connectivity index (χ2n) is 2.65. The number of carboxylic acid groups (broad SMARTS) is 1. The van der Waals surface area contributed by atoms with Gasteiger partial charge in [-0.15, -0.1) is 0 Å². The molecule has 1 aromatic rings. The number of hydrogen-bond donors (Lipinski definition) is 3. The van der Waals surface area contributed by atoms with Gasteiger partial charge in [-0.05, 0) is 6.92 Å². The molecule has 4 N–H and O–H groups in total. The Balaban J connectivity index is 2.63. The van der Waals surface area contributed by atoms with Crippen molar-refractivity contribution in [3.05, 3.63) is 11.8 Å². The van der Waals surface area contributed by atoms with Crippen molar-refractivity contribution in [1.29, 1.82) is 0 Å². The average Bonchev–Trinajstić information content (AvgIpc) is 2.51. The molecule has 76 valence electrons. The summed E-state index contributed by atoms with van der Waals surface area (Å²) >= 11 is 0. The average molecular weight is 199 g/mol. The molecular weight excluding hydrogens is 190 g/mol. The Morgan fingerprint density at radius 3 is 2.79 bits per heavy atom.